The second-order valence-electron chi connectivity index (χ2n) is 7.22. The first kappa shape index (κ1) is 21.8. The highest BCUT2D eigenvalue weighted by atomic mass is 19.1. The van der Waals surface area contributed by atoms with Gasteiger partial charge in [-0.15, -0.1) is 0 Å². The number of benzene rings is 2. The van der Waals surface area contributed by atoms with Gasteiger partial charge in [0, 0.05) is 44.4 Å². The summed E-state index contributed by atoms with van der Waals surface area (Å²) >= 11 is 0. The van der Waals surface area contributed by atoms with Gasteiger partial charge < -0.3 is 20.3 Å². The van der Waals surface area contributed by atoms with E-state index in [4.69, 9.17) is 4.74 Å². The number of hydrogen-bond donors (Lipinski definition) is 2. The van der Waals surface area contributed by atoms with E-state index in [2.05, 4.69) is 15.6 Å². The van der Waals surface area contributed by atoms with E-state index >= 15 is 0 Å². The van der Waals surface area contributed by atoms with E-state index in [1.165, 1.54) is 6.07 Å². The highest BCUT2D eigenvalue weighted by Crippen LogP contribution is 2.21. The molecule has 0 aliphatic carbocycles. The third kappa shape index (κ3) is 5.79. The monoisotopic (exact) mass is 412 g/mol. The molecule has 3 rings (SSSR count). The Morgan fingerprint density at radius 3 is 2.60 bits per heavy atom. The summed E-state index contributed by atoms with van der Waals surface area (Å²) < 4.78 is 18.8. The van der Waals surface area contributed by atoms with Gasteiger partial charge in [-0.3, -0.25) is 4.79 Å². The van der Waals surface area contributed by atoms with Crippen LogP contribution in [0.25, 0.3) is 0 Å². The number of halogens is 1. The number of nitrogens with zero attached hydrogens (tertiary/aromatic N) is 2. The standard InChI is InChI=1S/C23H29FN4O2/c1-3-25-23(27-15-18-8-11-21(24)19(13-18)16-30-2)26-14-17-6-9-20(10-7-17)28-12-4-5-22(28)29/h6-11,13H,3-5,12,14-16H2,1-2H3,(H2,25,26,27). The Balaban J connectivity index is 1.60. The molecule has 1 aliphatic rings. The van der Waals surface area contributed by atoms with Crippen LogP contribution in [0.5, 0.6) is 0 Å². The molecule has 1 aliphatic heterocycles. The molecule has 1 saturated heterocycles. The number of guanidine groups is 1. The predicted molar refractivity (Wildman–Crippen MR) is 117 cm³/mol. The first-order valence-electron chi connectivity index (χ1n) is 10.3. The summed E-state index contributed by atoms with van der Waals surface area (Å²) in [6, 6.07) is 13.0. The Kier molecular flexibility index (Phi) is 7.79. The molecule has 0 spiro atoms. The van der Waals surface area contributed by atoms with Crippen molar-refractivity contribution in [3.8, 4) is 0 Å². The van der Waals surface area contributed by atoms with Crippen molar-refractivity contribution in [3.05, 3.63) is 65.0 Å². The SMILES string of the molecule is CCNC(=NCc1ccc(F)c(COC)c1)NCc1ccc(N2CCCC2=O)cc1. The van der Waals surface area contributed by atoms with Gasteiger partial charge in [0.25, 0.3) is 0 Å². The predicted octanol–water partition coefficient (Wildman–Crippen LogP) is 3.35. The summed E-state index contributed by atoms with van der Waals surface area (Å²) in [6.07, 6.45) is 1.55. The Hall–Kier alpha value is -2.93. The molecular weight excluding hydrogens is 383 g/mol. The van der Waals surface area contributed by atoms with Gasteiger partial charge in [0.2, 0.25) is 5.91 Å². The molecule has 6 nitrogen and oxygen atoms in total. The molecule has 0 atom stereocenters. The molecule has 0 saturated carbocycles. The van der Waals surface area contributed by atoms with E-state index in [9.17, 15) is 9.18 Å². The zero-order valence-electron chi connectivity index (χ0n) is 17.6. The highest BCUT2D eigenvalue weighted by molar-refractivity contribution is 5.95. The fourth-order valence-corrected chi connectivity index (χ4v) is 3.41. The summed E-state index contributed by atoms with van der Waals surface area (Å²) in [5.41, 5.74) is 3.49. The largest absolute Gasteiger partial charge is 0.380 e. The number of ether oxygens (including phenoxy) is 1. The smallest absolute Gasteiger partial charge is 0.227 e. The maximum absolute atomic E-state index is 13.8. The van der Waals surface area contributed by atoms with Crippen molar-refractivity contribution in [1.29, 1.82) is 0 Å². The van der Waals surface area contributed by atoms with E-state index in [0.717, 1.165) is 36.3 Å². The van der Waals surface area contributed by atoms with Gasteiger partial charge in [0.05, 0.1) is 13.2 Å². The van der Waals surface area contributed by atoms with Crippen molar-refractivity contribution < 1.29 is 13.9 Å². The first-order chi connectivity index (χ1) is 14.6. The van der Waals surface area contributed by atoms with E-state index in [1.54, 1.807) is 19.2 Å². The quantitative estimate of drug-likeness (QED) is 0.516. The minimum Gasteiger partial charge on any atom is -0.380 e. The number of hydrogen-bond acceptors (Lipinski definition) is 3. The molecule has 1 amide bonds. The number of aliphatic imine (C=N–C) groups is 1. The van der Waals surface area contributed by atoms with Gasteiger partial charge in [-0.2, -0.15) is 0 Å². The average molecular weight is 413 g/mol. The molecule has 0 aromatic heterocycles. The number of carbonyl (C=O) groups is 1. The lowest BCUT2D eigenvalue weighted by Gasteiger charge is -2.16. The lowest BCUT2D eigenvalue weighted by molar-refractivity contribution is -0.117. The van der Waals surface area contributed by atoms with Crippen LogP contribution in [0.3, 0.4) is 0 Å². The first-order valence-corrected chi connectivity index (χ1v) is 10.3. The Labute approximate surface area is 177 Å². The minimum absolute atomic E-state index is 0.192. The Bertz CT molecular complexity index is 883. The van der Waals surface area contributed by atoms with Crippen LogP contribution < -0.4 is 15.5 Å². The van der Waals surface area contributed by atoms with E-state index in [0.29, 0.717) is 31.0 Å². The fraction of sp³-hybridized carbons (Fsp3) is 0.391. The molecule has 0 bridgehead atoms. The van der Waals surface area contributed by atoms with Crippen LogP contribution in [0, 0.1) is 5.82 Å². The lowest BCUT2D eigenvalue weighted by Crippen LogP contribution is -2.36. The number of amides is 1. The molecule has 0 radical (unpaired) electrons. The van der Waals surface area contributed by atoms with Gasteiger partial charge in [0.15, 0.2) is 5.96 Å². The zero-order chi connectivity index (χ0) is 21.3. The fourth-order valence-electron chi connectivity index (χ4n) is 3.41. The summed E-state index contributed by atoms with van der Waals surface area (Å²) in [7, 11) is 1.55. The van der Waals surface area contributed by atoms with Crippen molar-refractivity contribution >= 4 is 17.6 Å². The maximum atomic E-state index is 13.8. The van der Waals surface area contributed by atoms with E-state index in [-0.39, 0.29) is 18.3 Å². The number of anilines is 1. The van der Waals surface area contributed by atoms with Gasteiger partial charge in [0.1, 0.15) is 5.82 Å². The molecule has 160 valence electrons. The van der Waals surface area contributed by atoms with Gasteiger partial charge in [-0.05, 0) is 48.7 Å². The molecular formula is C23H29FN4O2. The molecule has 2 aromatic carbocycles. The molecule has 1 fully saturated rings. The van der Waals surface area contributed by atoms with Crippen LogP contribution in [0.15, 0.2) is 47.5 Å². The topological polar surface area (TPSA) is 66.0 Å². The van der Waals surface area contributed by atoms with Crippen LogP contribution in [-0.2, 0) is 29.2 Å². The summed E-state index contributed by atoms with van der Waals surface area (Å²) in [4.78, 5) is 18.3. The van der Waals surface area contributed by atoms with E-state index in [1.807, 2.05) is 36.1 Å². The third-order valence-corrected chi connectivity index (χ3v) is 4.96. The number of nitrogens with one attached hydrogen (secondary N) is 2. The lowest BCUT2D eigenvalue weighted by atomic mass is 10.1. The van der Waals surface area contributed by atoms with Crippen LogP contribution in [0.2, 0.25) is 0 Å². The molecule has 0 unspecified atom stereocenters. The van der Waals surface area contributed by atoms with Gasteiger partial charge in [-0.1, -0.05) is 18.2 Å². The second-order valence-corrected chi connectivity index (χ2v) is 7.22. The Morgan fingerprint density at radius 2 is 1.93 bits per heavy atom. The molecule has 2 N–H and O–H groups in total. The van der Waals surface area contributed by atoms with Crippen molar-refractivity contribution in [1.82, 2.24) is 10.6 Å². The summed E-state index contributed by atoms with van der Waals surface area (Å²) in [5.74, 6) is 0.611. The number of rotatable bonds is 8. The van der Waals surface area contributed by atoms with Crippen LogP contribution in [0.4, 0.5) is 10.1 Å². The number of methoxy groups -OCH3 is 1. The van der Waals surface area contributed by atoms with Crippen molar-refractivity contribution in [2.75, 3.05) is 25.1 Å². The Morgan fingerprint density at radius 1 is 1.17 bits per heavy atom. The van der Waals surface area contributed by atoms with Crippen molar-refractivity contribution in [2.24, 2.45) is 4.99 Å². The average Bonchev–Trinajstić information content (AvgIpc) is 3.18. The van der Waals surface area contributed by atoms with Gasteiger partial charge in [-0.25, -0.2) is 9.38 Å². The zero-order valence-corrected chi connectivity index (χ0v) is 17.6. The highest BCUT2D eigenvalue weighted by Gasteiger charge is 2.21. The van der Waals surface area contributed by atoms with E-state index < -0.39 is 0 Å². The van der Waals surface area contributed by atoms with Crippen LogP contribution >= 0.6 is 0 Å². The second kappa shape index (κ2) is 10.7. The van der Waals surface area contributed by atoms with Crippen LogP contribution in [0.1, 0.15) is 36.5 Å². The molecule has 30 heavy (non-hydrogen) atoms. The maximum Gasteiger partial charge on any atom is 0.227 e. The van der Waals surface area contributed by atoms with Crippen molar-refractivity contribution in [2.45, 2.75) is 39.5 Å². The summed E-state index contributed by atoms with van der Waals surface area (Å²) in [5, 5.41) is 6.54. The van der Waals surface area contributed by atoms with Crippen molar-refractivity contribution in [3.63, 3.8) is 0 Å². The normalized spacial score (nSPS) is 14.3. The van der Waals surface area contributed by atoms with Gasteiger partial charge >= 0.3 is 0 Å². The minimum atomic E-state index is -0.270. The third-order valence-electron chi connectivity index (χ3n) is 4.96. The summed E-state index contributed by atoms with van der Waals surface area (Å²) in [6.45, 7) is 4.82. The molecule has 1 heterocycles. The molecule has 2 aromatic rings. The molecule has 7 heteroatoms. The number of carbonyl (C=O) groups excluding carboxylic acids is 1. The van der Waals surface area contributed by atoms with Crippen LogP contribution in [-0.4, -0.2) is 32.1 Å².